The molecule has 0 N–H and O–H groups in total. The lowest BCUT2D eigenvalue weighted by molar-refractivity contribution is 0.0778. The molecule has 0 saturated carbocycles. The number of hydrogen-bond donors (Lipinski definition) is 0. The molecule has 3 heterocycles. The molecule has 3 aromatic rings. The maximum atomic E-state index is 12.4. The molecule has 8 nitrogen and oxygen atoms in total. The summed E-state index contributed by atoms with van der Waals surface area (Å²) in [6.07, 6.45) is 8.95. The first kappa shape index (κ1) is 15.5. The van der Waals surface area contributed by atoms with Crippen LogP contribution >= 0.6 is 15.9 Å². The Kier molecular flexibility index (Phi) is 4.28. The van der Waals surface area contributed by atoms with Crippen LogP contribution in [0.3, 0.4) is 0 Å². The molecule has 3 rings (SSSR count). The molecule has 0 aliphatic rings. The van der Waals surface area contributed by atoms with E-state index in [0.29, 0.717) is 18.9 Å². The minimum atomic E-state index is -0.130. The SMILES string of the molecule is CN(Cc1cnn(C)c1)C(=O)c1ccn(Cn2cc(Br)cn2)n1. The number of rotatable bonds is 5. The van der Waals surface area contributed by atoms with Crippen molar-refractivity contribution in [2.75, 3.05) is 7.05 Å². The summed E-state index contributed by atoms with van der Waals surface area (Å²) < 4.78 is 6.01. The number of carbonyl (C=O) groups excluding carboxylic acids is 1. The van der Waals surface area contributed by atoms with E-state index in [1.54, 1.807) is 50.6 Å². The van der Waals surface area contributed by atoms with E-state index in [9.17, 15) is 4.79 Å². The normalized spacial score (nSPS) is 10.9. The van der Waals surface area contributed by atoms with E-state index in [1.807, 2.05) is 19.4 Å². The van der Waals surface area contributed by atoms with Gasteiger partial charge in [0.15, 0.2) is 0 Å². The van der Waals surface area contributed by atoms with Crippen LogP contribution in [0.15, 0.2) is 41.5 Å². The van der Waals surface area contributed by atoms with E-state index in [4.69, 9.17) is 0 Å². The number of carbonyl (C=O) groups is 1. The maximum absolute atomic E-state index is 12.4. The van der Waals surface area contributed by atoms with Crippen LogP contribution in [0.2, 0.25) is 0 Å². The van der Waals surface area contributed by atoms with Crippen LogP contribution in [0.4, 0.5) is 0 Å². The summed E-state index contributed by atoms with van der Waals surface area (Å²) >= 11 is 3.35. The number of aromatic nitrogens is 6. The number of hydrogen-bond acceptors (Lipinski definition) is 4. The van der Waals surface area contributed by atoms with Gasteiger partial charge in [0.25, 0.3) is 5.91 Å². The molecule has 0 unspecified atom stereocenters. The van der Waals surface area contributed by atoms with Crippen molar-refractivity contribution in [3.63, 3.8) is 0 Å². The average molecular weight is 378 g/mol. The molecular weight excluding hydrogens is 362 g/mol. The molecule has 0 saturated heterocycles. The number of halogens is 1. The minimum Gasteiger partial charge on any atom is -0.336 e. The van der Waals surface area contributed by atoms with E-state index >= 15 is 0 Å². The summed E-state index contributed by atoms with van der Waals surface area (Å²) in [5.74, 6) is -0.130. The molecule has 3 aromatic heterocycles. The highest BCUT2D eigenvalue weighted by molar-refractivity contribution is 9.10. The standard InChI is InChI=1S/C14H16BrN7O/c1-19(7-11-5-16-20(2)8-11)14(23)13-3-4-21(18-13)10-22-9-12(15)6-17-22/h3-6,8-9H,7,10H2,1-2H3. The number of amides is 1. The molecular formula is C14H16BrN7O. The van der Waals surface area contributed by atoms with Crippen molar-refractivity contribution >= 4 is 21.8 Å². The first-order chi connectivity index (χ1) is 11.0. The van der Waals surface area contributed by atoms with Gasteiger partial charge < -0.3 is 4.90 Å². The Labute approximate surface area is 141 Å². The van der Waals surface area contributed by atoms with Gasteiger partial charge in [0.1, 0.15) is 12.4 Å². The van der Waals surface area contributed by atoms with Crippen LogP contribution < -0.4 is 0 Å². The molecule has 1 amide bonds. The first-order valence-electron chi connectivity index (χ1n) is 6.95. The summed E-state index contributed by atoms with van der Waals surface area (Å²) in [5, 5.41) is 12.6. The van der Waals surface area contributed by atoms with Crippen molar-refractivity contribution in [1.29, 1.82) is 0 Å². The van der Waals surface area contributed by atoms with E-state index in [0.717, 1.165) is 10.0 Å². The number of nitrogens with zero attached hydrogens (tertiary/aromatic N) is 7. The Balaban J connectivity index is 1.65. The van der Waals surface area contributed by atoms with Crippen LogP contribution in [0.25, 0.3) is 0 Å². The predicted molar refractivity (Wildman–Crippen MR) is 86.6 cm³/mol. The lowest BCUT2D eigenvalue weighted by Gasteiger charge is -2.14. The van der Waals surface area contributed by atoms with Gasteiger partial charge in [-0.25, -0.2) is 4.68 Å². The maximum Gasteiger partial charge on any atom is 0.274 e. The lowest BCUT2D eigenvalue weighted by atomic mass is 10.3. The second-order valence-electron chi connectivity index (χ2n) is 5.26. The van der Waals surface area contributed by atoms with E-state index in [-0.39, 0.29) is 5.91 Å². The molecule has 9 heteroatoms. The molecule has 0 aliphatic heterocycles. The molecule has 0 spiro atoms. The fraction of sp³-hybridized carbons (Fsp3) is 0.286. The molecule has 120 valence electrons. The van der Waals surface area contributed by atoms with E-state index < -0.39 is 0 Å². The molecule has 0 bridgehead atoms. The smallest absolute Gasteiger partial charge is 0.274 e. The van der Waals surface area contributed by atoms with Crippen molar-refractivity contribution in [3.05, 3.63) is 52.8 Å². The largest absolute Gasteiger partial charge is 0.336 e. The Morgan fingerprint density at radius 3 is 2.74 bits per heavy atom. The van der Waals surface area contributed by atoms with Crippen molar-refractivity contribution in [2.24, 2.45) is 7.05 Å². The Hall–Kier alpha value is -2.42. The lowest BCUT2D eigenvalue weighted by Crippen LogP contribution is -2.26. The van der Waals surface area contributed by atoms with Gasteiger partial charge in [-0.3, -0.25) is 14.2 Å². The van der Waals surface area contributed by atoms with Crippen molar-refractivity contribution in [2.45, 2.75) is 13.2 Å². The summed E-state index contributed by atoms with van der Waals surface area (Å²) in [7, 11) is 3.60. The average Bonchev–Trinajstić information content (AvgIpc) is 3.22. The third-order valence-corrected chi connectivity index (χ3v) is 3.69. The fourth-order valence-electron chi connectivity index (χ4n) is 2.21. The minimum absolute atomic E-state index is 0.130. The van der Waals surface area contributed by atoms with E-state index in [2.05, 4.69) is 31.2 Å². The molecule has 0 aliphatic carbocycles. The van der Waals surface area contributed by atoms with Crippen LogP contribution in [-0.4, -0.2) is 47.2 Å². The summed E-state index contributed by atoms with van der Waals surface area (Å²) in [4.78, 5) is 14.0. The predicted octanol–water partition coefficient (Wildman–Crippen LogP) is 1.35. The summed E-state index contributed by atoms with van der Waals surface area (Å²) in [6, 6.07) is 1.71. The van der Waals surface area contributed by atoms with Gasteiger partial charge in [-0.2, -0.15) is 15.3 Å². The highest BCUT2D eigenvalue weighted by atomic mass is 79.9. The van der Waals surface area contributed by atoms with Crippen LogP contribution in [0, 0.1) is 0 Å². The van der Waals surface area contributed by atoms with E-state index in [1.165, 1.54) is 0 Å². The Bertz CT molecular complexity index is 819. The first-order valence-corrected chi connectivity index (χ1v) is 7.75. The monoisotopic (exact) mass is 377 g/mol. The molecule has 23 heavy (non-hydrogen) atoms. The van der Waals surface area contributed by atoms with Crippen LogP contribution in [0.5, 0.6) is 0 Å². The van der Waals surface area contributed by atoms with Gasteiger partial charge >= 0.3 is 0 Å². The van der Waals surface area contributed by atoms with Gasteiger partial charge in [0.05, 0.1) is 16.9 Å². The fourth-order valence-corrected chi connectivity index (χ4v) is 2.54. The zero-order valence-electron chi connectivity index (χ0n) is 12.8. The summed E-state index contributed by atoms with van der Waals surface area (Å²) in [5.41, 5.74) is 1.38. The molecule has 0 fully saturated rings. The summed E-state index contributed by atoms with van der Waals surface area (Å²) in [6.45, 7) is 0.941. The van der Waals surface area contributed by atoms with Gasteiger partial charge in [-0.05, 0) is 22.0 Å². The van der Waals surface area contributed by atoms with Gasteiger partial charge in [-0.15, -0.1) is 0 Å². The molecule has 0 atom stereocenters. The third-order valence-electron chi connectivity index (χ3n) is 3.28. The molecule has 0 aromatic carbocycles. The highest BCUT2D eigenvalue weighted by Crippen LogP contribution is 2.08. The Morgan fingerprint density at radius 1 is 1.26 bits per heavy atom. The second-order valence-corrected chi connectivity index (χ2v) is 6.18. The Morgan fingerprint density at radius 2 is 2.09 bits per heavy atom. The topological polar surface area (TPSA) is 73.8 Å². The zero-order chi connectivity index (χ0) is 16.4. The number of aryl methyl sites for hydroxylation is 1. The quantitative estimate of drug-likeness (QED) is 0.672. The van der Waals surface area contributed by atoms with Gasteiger partial charge in [0.2, 0.25) is 0 Å². The van der Waals surface area contributed by atoms with Crippen molar-refractivity contribution < 1.29 is 4.79 Å². The second kappa shape index (κ2) is 6.37. The zero-order valence-corrected chi connectivity index (χ0v) is 14.4. The van der Waals surface area contributed by atoms with Crippen LogP contribution in [-0.2, 0) is 20.3 Å². The highest BCUT2D eigenvalue weighted by Gasteiger charge is 2.15. The third kappa shape index (κ3) is 3.67. The van der Waals surface area contributed by atoms with Gasteiger partial charge in [0, 0.05) is 44.8 Å². The molecule has 0 radical (unpaired) electrons. The van der Waals surface area contributed by atoms with Crippen molar-refractivity contribution in [1.82, 2.24) is 34.2 Å². The van der Waals surface area contributed by atoms with Crippen LogP contribution in [0.1, 0.15) is 16.1 Å². The van der Waals surface area contributed by atoms with Gasteiger partial charge in [-0.1, -0.05) is 0 Å². The van der Waals surface area contributed by atoms with Crippen molar-refractivity contribution in [3.8, 4) is 0 Å².